The van der Waals surface area contributed by atoms with E-state index in [2.05, 4.69) is 5.32 Å². The maximum absolute atomic E-state index is 12.7. The van der Waals surface area contributed by atoms with Crippen LogP contribution in [0.5, 0.6) is 0 Å². The van der Waals surface area contributed by atoms with Crippen LogP contribution in [0.2, 0.25) is 0 Å². The summed E-state index contributed by atoms with van der Waals surface area (Å²) in [4.78, 5) is 0. The predicted octanol–water partition coefficient (Wildman–Crippen LogP) is 3.47. The second-order valence-electron chi connectivity index (χ2n) is 4.67. The van der Waals surface area contributed by atoms with Crippen LogP contribution < -0.4 is 5.32 Å². The average molecular weight is 261 g/mol. The molecule has 18 heavy (non-hydrogen) atoms. The molecule has 0 aliphatic carbocycles. The lowest BCUT2D eigenvalue weighted by atomic mass is 9.99. The third-order valence-electron chi connectivity index (χ3n) is 3.18. The zero-order valence-electron chi connectivity index (χ0n) is 9.86. The van der Waals surface area contributed by atoms with Gasteiger partial charge in [-0.15, -0.1) is 0 Å². The zero-order valence-corrected chi connectivity index (χ0v) is 9.86. The van der Waals surface area contributed by atoms with E-state index in [1.807, 2.05) is 0 Å². The molecule has 0 spiro atoms. The fourth-order valence-electron chi connectivity index (χ4n) is 2.34. The standard InChI is InChI=1S/C13H15F4N/c14-8-10-4-9(7-12-2-1-3-18-12)5-11(6-10)13(15,16)17/h4-6,12,18H,1-3,7-8H2. The maximum Gasteiger partial charge on any atom is 0.416 e. The number of benzene rings is 1. The molecule has 1 saturated heterocycles. The summed E-state index contributed by atoms with van der Waals surface area (Å²) in [6.07, 6.45) is -1.89. The smallest absolute Gasteiger partial charge is 0.314 e. The van der Waals surface area contributed by atoms with Gasteiger partial charge in [0.1, 0.15) is 6.67 Å². The first-order chi connectivity index (χ1) is 8.49. The fourth-order valence-corrected chi connectivity index (χ4v) is 2.34. The van der Waals surface area contributed by atoms with E-state index < -0.39 is 18.4 Å². The highest BCUT2D eigenvalue weighted by atomic mass is 19.4. The Morgan fingerprint density at radius 2 is 1.89 bits per heavy atom. The Morgan fingerprint density at radius 3 is 2.44 bits per heavy atom. The number of rotatable bonds is 3. The molecule has 0 bridgehead atoms. The summed E-state index contributed by atoms with van der Waals surface area (Å²) in [5, 5.41) is 3.23. The fraction of sp³-hybridized carbons (Fsp3) is 0.538. The first-order valence-corrected chi connectivity index (χ1v) is 5.98. The van der Waals surface area contributed by atoms with E-state index in [0.717, 1.165) is 31.5 Å². The highest BCUT2D eigenvalue weighted by molar-refractivity contribution is 5.32. The lowest BCUT2D eigenvalue weighted by Gasteiger charge is -2.14. The van der Waals surface area contributed by atoms with Crippen molar-refractivity contribution in [3.8, 4) is 0 Å². The normalized spacial score (nSPS) is 20.3. The Morgan fingerprint density at radius 1 is 1.17 bits per heavy atom. The van der Waals surface area contributed by atoms with Crippen molar-refractivity contribution in [1.29, 1.82) is 0 Å². The van der Waals surface area contributed by atoms with Gasteiger partial charge in [0.2, 0.25) is 0 Å². The van der Waals surface area contributed by atoms with Crippen molar-refractivity contribution < 1.29 is 17.6 Å². The minimum Gasteiger partial charge on any atom is -0.314 e. The van der Waals surface area contributed by atoms with E-state index >= 15 is 0 Å². The molecule has 1 atom stereocenters. The van der Waals surface area contributed by atoms with Crippen molar-refractivity contribution >= 4 is 0 Å². The van der Waals surface area contributed by atoms with Crippen LogP contribution in [-0.2, 0) is 19.3 Å². The minimum absolute atomic E-state index is 0.0952. The van der Waals surface area contributed by atoms with Crippen LogP contribution in [0.25, 0.3) is 0 Å². The van der Waals surface area contributed by atoms with Crippen LogP contribution >= 0.6 is 0 Å². The molecule has 5 heteroatoms. The molecule has 1 aromatic rings. The van der Waals surface area contributed by atoms with E-state index in [0.29, 0.717) is 12.0 Å². The highest BCUT2D eigenvalue weighted by Gasteiger charge is 2.31. The van der Waals surface area contributed by atoms with Crippen molar-refractivity contribution in [3.63, 3.8) is 0 Å². The van der Waals surface area contributed by atoms with Gasteiger partial charge in [-0.2, -0.15) is 13.2 Å². The second-order valence-corrected chi connectivity index (χ2v) is 4.67. The molecule has 1 fully saturated rings. The van der Waals surface area contributed by atoms with Gasteiger partial charge in [0.15, 0.2) is 0 Å². The van der Waals surface area contributed by atoms with Gasteiger partial charge in [0, 0.05) is 6.04 Å². The van der Waals surface area contributed by atoms with Crippen molar-refractivity contribution in [2.45, 2.75) is 38.2 Å². The number of hydrogen-bond donors (Lipinski definition) is 1. The van der Waals surface area contributed by atoms with Gasteiger partial charge >= 0.3 is 6.18 Å². The van der Waals surface area contributed by atoms with Crippen LogP contribution in [0.15, 0.2) is 18.2 Å². The van der Waals surface area contributed by atoms with Crippen molar-refractivity contribution in [3.05, 3.63) is 34.9 Å². The number of alkyl halides is 4. The Bertz CT molecular complexity index is 408. The Labute approximate surface area is 103 Å². The molecule has 1 N–H and O–H groups in total. The van der Waals surface area contributed by atoms with E-state index in [9.17, 15) is 17.6 Å². The summed E-state index contributed by atoms with van der Waals surface area (Å²) in [5.41, 5.74) is -0.111. The summed E-state index contributed by atoms with van der Waals surface area (Å²) < 4.78 is 50.6. The minimum atomic E-state index is -4.41. The summed E-state index contributed by atoms with van der Waals surface area (Å²) in [6, 6.07) is 3.74. The molecule has 0 saturated carbocycles. The molecule has 1 aliphatic rings. The van der Waals surface area contributed by atoms with E-state index in [1.54, 1.807) is 0 Å². The molecule has 100 valence electrons. The van der Waals surface area contributed by atoms with Crippen molar-refractivity contribution in [2.24, 2.45) is 0 Å². The molecular weight excluding hydrogens is 246 g/mol. The third-order valence-corrected chi connectivity index (χ3v) is 3.18. The predicted molar refractivity (Wildman–Crippen MR) is 61.0 cm³/mol. The van der Waals surface area contributed by atoms with Crippen LogP contribution in [0.1, 0.15) is 29.5 Å². The molecule has 2 rings (SSSR count). The summed E-state index contributed by atoms with van der Waals surface area (Å²) >= 11 is 0. The lowest BCUT2D eigenvalue weighted by Crippen LogP contribution is -2.23. The summed E-state index contributed by atoms with van der Waals surface area (Å²) in [7, 11) is 0. The van der Waals surface area contributed by atoms with Crippen molar-refractivity contribution in [2.75, 3.05) is 6.54 Å². The Hall–Kier alpha value is -1.10. The Balaban J connectivity index is 2.23. The molecule has 1 aliphatic heterocycles. The zero-order chi connectivity index (χ0) is 13.2. The number of halogens is 4. The first kappa shape index (κ1) is 13.3. The first-order valence-electron chi connectivity index (χ1n) is 5.98. The van der Waals surface area contributed by atoms with Gasteiger partial charge in [-0.3, -0.25) is 0 Å². The van der Waals surface area contributed by atoms with E-state index in [4.69, 9.17) is 0 Å². The van der Waals surface area contributed by atoms with Gasteiger partial charge in [-0.1, -0.05) is 6.07 Å². The molecule has 1 aromatic carbocycles. The molecule has 0 amide bonds. The number of hydrogen-bond acceptors (Lipinski definition) is 1. The van der Waals surface area contributed by atoms with Crippen LogP contribution in [0.3, 0.4) is 0 Å². The second kappa shape index (κ2) is 5.26. The van der Waals surface area contributed by atoms with Crippen LogP contribution in [0, 0.1) is 0 Å². The monoisotopic (exact) mass is 261 g/mol. The topological polar surface area (TPSA) is 12.0 Å². The molecule has 1 unspecified atom stereocenters. The van der Waals surface area contributed by atoms with Gasteiger partial charge in [0.25, 0.3) is 0 Å². The van der Waals surface area contributed by atoms with Gasteiger partial charge in [-0.05, 0) is 49.1 Å². The number of nitrogens with one attached hydrogen (secondary N) is 1. The lowest BCUT2D eigenvalue weighted by molar-refractivity contribution is -0.137. The van der Waals surface area contributed by atoms with Crippen molar-refractivity contribution in [1.82, 2.24) is 5.32 Å². The third kappa shape index (κ3) is 3.22. The van der Waals surface area contributed by atoms with E-state index in [-0.39, 0.29) is 11.6 Å². The molecule has 0 radical (unpaired) electrons. The van der Waals surface area contributed by atoms with Crippen LogP contribution in [-0.4, -0.2) is 12.6 Å². The summed E-state index contributed by atoms with van der Waals surface area (Å²) in [5.74, 6) is 0. The molecule has 1 nitrogen and oxygen atoms in total. The van der Waals surface area contributed by atoms with Gasteiger partial charge in [0.05, 0.1) is 5.56 Å². The van der Waals surface area contributed by atoms with Crippen LogP contribution in [0.4, 0.5) is 17.6 Å². The summed E-state index contributed by atoms with van der Waals surface area (Å²) in [6.45, 7) is 0.0363. The Kier molecular flexibility index (Phi) is 3.90. The largest absolute Gasteiger partial charge is 0.416 e. The SMILES string of the molecule is FCc1cc(CC2CCCN2)cc(C(F)(F)F)c1. The quantitative estimate of drug-likeness (QED) is 0.821. The maximum atomic E-state index is 12.7. The molecule has 0 aromatic heterocycles. The van der Waals surface area contributed by atoms with Gasteiger partial charge in [-0.25, -0.2) is 4.39 Å². The van der Waals surface area contributed by atoms with Gasteiger partial charge < -0.3 is 5.32 Å². The molecule has 1 heterocycles. The molecular formula is C13H15F4N. The highest BCUT2D eigenvalue weighted by Crippen LogP contribution is 2.31. The average Bonchev–Trinajstić information content (AvgIpc) is 2.80. The van der Waals surface area contributed by atoms with E-state index in [1.165, 1.54) is 6.07 Å².